The van der Waals surface area contributed by atoms with Crippen LogP contribution in [0.4, 0.5) is 0 Å². The Labute approximate surface area is 146 Å². The van der Waals surface area contributed by atoms with Crippen LogP contribution in [-0.2, 0) is 0 Å². The highest BCUT2D eigenvalue weighted by atomic mass is 32.1. The van der Waals surface area contributed by atoms with Crippen molar-refractivity contribution in [2.75, 3.05) is 13.1 Å². The number of fused-ring (bicyclic) bond motifs is 1. The van der Waals surface area contributed by atoms with Crippen molar-refractivity contribution in [2.45, 2.75) is 44.7 Å². The lowest BCUT2D eigenvalue weighted by molar-refractivity contribution is 0.0918. The van der Waals surface area contributed by atoms with Crippen LogP contribution in [0.15, 0.2) is 30.3 Å². The van der Waals surface area contributed by atoms with Crippen molar-refractivity contribution >= 4 is 17.2 Å². The molecular weight excluding hydrogens is 318 g/mol. The highest BCUT2D eigenvalue weighted by molar-refractivity contribution is 7.17. The number of carbonyl (C=O) groups excluding carboxylic acids is 1. The van der Waals surface area contributed by atoms with E-state index in [1.165, 1.54) is 37.1 Å². The van der Waals surface area contributed by atoms with Crippen LogP contribution >= 0.6 is 11.3 Å². The van der Waals surface area contributed by atoms with Gasteiger partial charge in [-0.05, 0) is 32.7 Å². The van der Waals surface area contributed by atoms with Gasteiger partial charge in [0.2, 0.25) is 0 Å². The van der Waals surface area contributed by atoms with Gasteiger partial charge in [0.15, 0.2) is 0 Å². The van der Waals surface area contributed by atoms with E-state index in [2.05, 4.69) is 15.2 Å². The van der Waals surface area contributed by atoms with Gasteiger partial charge in [0.05, 0.1) is 5.69 Å². The predicted molar refractivity (Wildman–Crippen MR) is 97.4 cm³/mol. The summed E-state index contributed by atoms with van der Waals surface area (Å²) < 4.78 is 0. The summed E-state index contributed by atoms with van der Waals surface area (Å²) in [4.78, 5) is 20.7. The number of hydrogen-bond acceptors (Lipinski definition) is 4. The van der Waals surface area contributed by atoms with E-state index in [0.29, 0.717) is 12.1 Å². The standard InChI is InChI=1S/C19H23N3OS/c1-13-17(24-19(20-13)14-7-3-2-4-8-14)18(23)21-15-10-12-22-11-6-5-9-16(15)22/h2-4,7-8,15-16H,5-6,9-12H2,1H3,(H,21,23)/t15-,16+/m0/s1. The van der Waals surface area contributed by atoms with Crippen LogP contribution in [-0.4, -0.2) is 41.0 Å². The molecule has 1 amide bonds. The molecule has 2 aliphatic heterocycles. The van der Waals surface area contributed by atoms with Crippen molar-refractivity contribution < 1.29 is 4.79 Å². The second-order valence-electron chi connectivity index (χ2n) is 6.77. The molecule has 126 valence electrons. The van der Waals surface area contributed by atoms with Gasteiger partial charge in [-0.25, -0.2) is 4.98 Å². The Hall–Kier alpha value is -1.72. The average molecular weight is 341 g/mol. The van der Waals surface area contributed by atoms with E-state index in [4.69, 9.17) is 0 Å². The van der Waals surface area contributed by atoms with Crippen molar-refractivity contribution in [1.82, 2.24) is 15.2 Å². The maximum absolute atomic E-state index is 12.8. The number of piperidine rings is 1. The second kappa shape index (κ2) is 6.65. The van der Waals surface area contributed by atoms with Gasteiger partial charge in [-0.3, -0.25) is 9.69 Å². The molecule has 2 aliphatic rings. The fourth-order valence-corrected chi connectivity index (χ4v) is 4.94. The number of rotatable bonds is 3. The normalized spacial score (nSPS) is 23.9. The van der Waals surface area contributed by atoms with E-state index in [-0.39, 0.29) is 5.91 Å². The summed E-state index contributed by atoms with van der Waals surface area (Å²) >= 11 is 1.50. The Bertz CT molecular complexity index is 727. The molecule has 4 nitrogen and oxygen atoms in total. The Morgan fingerprint density at radius 1 is 1.21 bits per heavy atom. The number of carbonyl (C=O) groups is 1. The molecule has 1 N–H and O–H groups in total. The van der Waals surface area contributed by atoms with Crippen LogP contribution in [0.25, 0.3) is 10.6 Å². The van der Waals surface area contributed by atoms with Gasteiger partial charge < -0.3 is 5.32 Å². The lowest BCUT2D eigenvalue weighted by Crippen LogP contribution is -2.46. The summed E-state index contributed by atoms with van der Waals surface area (Å²) in [6, 6.07) is 10.9. The minimum Gasteiger partial charge on any atom is -0.347 e. The minimum atomic E-state index is 0.0459. The molecule has 1 aromatic carbocycles. The van der Waals surface area contributed by atoms with Crippen LogP contribution in [0.1, 0.15) is 41.0 Å². The zero-order valence-corrected chi connectivity index (χ0v) is 14.8. The van der Waals surface area contributed by atoms with Gasteiger partial charge in [-0.1, -0.05) is 36.8 Å². The molecule has 2 saturated heterocycles. The zero-order chi connectivity index (χ0) is 16.5. The molecule has 1 aromatic heterocycles. The van der Waals surface area contributed by atoms with E-state index in [1.54, 1.807) is 0 Å². The van der Waals surface area contributed by atoms with Gasteiger partial charge in [0, 0.05) is 24.2 Å². The molecule has 0 bridgehead atoms. The molecule has 0 aliphatic carbocycles. The van der Waals surface area contributed by atoms with Crippen molar-refractivity contribution in [2.24, 2.45) is 0 Å². The van der Waals surface area contributed by atoms with E-state index >= 15 is 0 Å². The molecule has 2 atom stereocenters. The lowest BCUT2D eigenvalue weighted by atomic mass is 9.99. The van der Waals surface area contributed by atoms with Crippen LogP contribution in [0, 0.1) is 6.92 Å². The lowest BCUT2D eigenvalue weighted by Gasteiger charge is -2.32. The first-order chi connectivity index (χ1) is 11.7. The molecule has 4 rings (SSSR count). The third-order valence-electron chi connectivity index (χ3n) is 5.20. The van der Waals surface area contributed by atoms with Crippen LogP contribution in [0.2, 0.25) is 0 Å². The van der Waals surface area contributed by atoms with E-state index < -0.39 is 0 Å². The quantitative estimate of drug-likeness (QED) is 0.930. The van der Waals surface area contributed by atoms with Crippen molar-refractivity contribution in [3.05, 3.63) is 40.9 Å². The average Bonchev–Trinajstić information content (AvgIpc) is 3.20. The second-order valence-corrected chi connectivity index (χ2v) is 7.77. The summed E-state index contributed by atoms with van der Waals surface area (Å²) in [6.07, 6.45) is 4.86. The fourth-order valence-electron chi connectivity index (χ4n) is 3.96. The Morgan fingerprint density at radius 3 is 2.88 bits per heavy atom. The molecule has 0 radical (unpaired) electrons. The smallest absolute Gasteiger partial charge is 0.263 e. The van der Waals surface area contributed by atoms with E-state index in [1.807, 2.05) is 37.3 Å². The molecule has 0 spiro atoms. The fraction of sp³-hybridized carbons (Fsp3) is 0.474. The molecule has 5 heteroatoms. The zero-order valence-electron chi connectivity index (χ0n) is 14.0. The molecule has 2 fully saturated rings. The number of amides is 1. The van der Waals surface area contributed by atoms with Crippen molar-refractivity contribution in [1.29, 1.82) is 0 Å². The summed E-state index contributed by atoms with van der Waals surface area (Å²) in [5.74, 6) is 0.0459. The number of hydrogen-bond donors (Lipinski definition) is 1. The van der Waals surface area contributed by atoms with Crippen LogP contribution in [0.5, 0.6) is 0 Å². The van der Waals surface area contributed by atoms with Crippen LogP contribution in [0.3, 0.4) is 0 Å². The van der Waals surface area contributed by atoms with Crippen molar-refractivity contribution in [3.8, 4) is 10.6 Å². The summed E-state index contributed by atoms with van der Waals surface area (Å²) in [5.41, 5.74) is 1.90. The summed E-state index contributed by atoms with van der Waals surface area (Å²) in [6.45, 7) is 4.24. The molecular formula is C19H23N3OS. The van der Waals surface area contributed by atoms with Crippen LogP contribution < -0.4 is 5.32 Å². The third-order valence-corrected chi connectivity index (χ3v) is 6.40. The number of aromatic nitrogens is 1. The van der Waals surface area contributed by atoms with Gasteiger partial charge >= 0.3 is 0 Å². The Balaban J connectivity index is 1.50. The molecule has 0 saturated carbocycles. The van der Waals surface area contributed by atoms with Gasteiger partial charge in [-0.15, -0.1) is 11.3 Å². The predicted octanol–water partition coefficient (Wildman–Crippen LogP) is 3.48. The first-order valence-corrected chi connectivity index (χ1v) is 9.62. The van der Waals surface area contributed by atoms with E-state index in [0.717, 1.165) is 34.1 Å². The molecule has 2 aromatic rings. The largest absolute Gasteiger partial charge is 0.347 e. The number of benzene rings is 1. The first kappa shape index (κ1) is 15.8. The Kier molecular flexibility index (Phi) is 4.37. The van der Waals surface area contributed by atoms with Gasteiger partial charge in [0.1, 0.15) is 9.88 Å². The summed E-state index contributed by atoms with van der Waals surface area (Å²) in [5, 5.41) is 4.21. The van der Waals surface area contributed by atoms with Gasteiger partial charge in [-0.2, -0.15) is 0 Å². The molecule has 3 heterocycles. The van der Waals surface area contributed by atoms with E-state index in [9.17, 15) is 4.79 Å². The first-order valence-electron chi connectivity index (χ1n) is 8.80. The maximum atomic E-state index is 12.8. The van der Waals surface area contributed by atoms with Crippen molar-refractivity contribution in [3.63, 3.8) is 0 Å². The monoisotopic (exact) mass is 341 g/mol. The maximum Gasteiger partial charge on any atom is 0.263 e. The molecule has 24 heavy (non-hydrogen) atoms. The highest BCUT2D eigenvalue weighted by Gasteiger charge is 2.36. The van der Waals surface area contributed by atoms with Gasteiger partial charge in [0.25, 0.3) is 5.91 Å². The molecule has 0 unspecified atom stereocenters. The number of nitrogens with zero attached hydrogens (tertiary/aromatic N) is 2. The highest BCUT2D eigenvalue weighted by Crippen LogP contribution is 2.30. The minimum absolute atomic E-state index is 0.0459. The Morgan fingerprint density at radius 2 is 2.04 bits per heavy atom. The summed E-state index contributed by atoms with van der Waals surface area (Å²) in [7, 11) is 0. The third kappa shape index (κ3) is 2.98. The SMILES string of the molecule is Cc1nc(-c2ccccc2)sc1C(=O)N[C@H]1CCN2CCCC[C@H]12. The number of nitrogens with one attached hydrogen (secondary N) is 1. The topological polar surface area (TPSA) is 45.2 Å². The number of aryl methyl sites for hydroxylation is 1. The number of thiazole rings is 1.